The number of aromatic nitrogens is 3. The molecule has 1 fully saturated rings. The van der Waals surface area contributed by atoms with Crippen molar-refractivity contribution in [3.63, 3.8) is 0 Å². The second kappa shape index (κ2) is 9.61. The second-order valence-corrected chi connectivity index (χ2v) is 10.1. The number of likely N-dealkylation sites (tertiary alicyclic amines) is 1. The summed E-state index contributed by atoms with van der Waals surface area (Å²) in [5.74, 6) is 0.668. The van der Waals surface area contributed by atoms with Crippen LogP contribution in [-0.4, -0.2) is 69.1 Å². The number of rotatable bonds is 5. The number of aliphatic hydroxyl groups is 1. The summed E-state index contributed by atoms with van der Waals surface area (Å²) >= 11 is 0. The van der Waals surface area contributed by atoms with Crippen LogP contribution in [0, 0.1) is 0 Å². The van der Waals surface area contributed by atoms with Crippen molar-refractivity contribution in [2.45, 2.75) is 30.8 Å². The molecule has 5 heterocycles. The third-order valence-corrected chi connectivity index (χ3v) is 8.03. The number of piperidine rings is 1. The molecule has 0 aliphatic carbocycles. The lowest BCUT2D eigenvalue weighted by Crippen LogP contribution is -2.55. The minimum Gasteiger partial charge on any atom is -0.497 e. The van der Waals surface area contributed by atoms with E-state index in [0.717, 1.165) is 54.8 Å². The van der Waals surface area contributed by atoms with Crippen molar-refractivity contribution in [1.82, 2.24) is 24.8 Å². The van der Waals surface area contributed by atoms with Gasteiger partial charge in [-0.25, -0.2) is 0 Å². The largest absolute Gasteiger partial charge is 0.497 e. The fraction of sp³-hybridized carbons (Fsp3) is 0.345. The number of nitrogens with zero attached hydrogens (tertiary/aromatic N) is 4. The third kappa shape index (κ3) is 4.16. The zero-order valence-electron chi connectivity index (χ0n) is 20.9. The van der Waals surface area contributed by atoms with Gasteiger partial charge in [-0.3, -0.25) is 19.7 Å². The quantitative estimate of drug-likeness (QED) is 0.437. The summed E-state index contributed by atoms with van der Waals surface area (Å²) in [6.07, 6.45) is 8.82. The zero-order chi connectivity index (χ0) is 25.4. The Balaban J connectivity index is 1.40. The summed E-state index contributed by atoms with van der Waals surface area (Å²) in [4.78, 5) is 30.1. The van der Waals surface area contributed by atoms with Crippen LogP contribution in [0.4, 0.5) is 0 Å². The number of methoxy groups -OCH3 is 1. The molecular formula is C29H31N5O3. The molecule has 6 rings (SSSR count). The molecule has 37 heavy (non-hydrogen) atoms. The first-order valence-electron chi connectivity index (χ1n) is 12.7. The van der Waals surface area contributed by atoms with Crippen LogP contribution in [-0.2, 0) is 12.0 Å². The van der Waals surface area contributed by atoms with Crippen LogP contribution >= 0.6 is 0 Å². The molecule has 1 saturated heterocycles. The predicted octanol–water partition coefficient (Wildman–Crippen LogP) is 3.69. The Kier molecular flexibility index (Phi) is 6.14. The van der Waals surface area contributed by atoms with E-state index in [2.05, 4.69) is 32.0 Å². The van der Waals surface area contributed by atoms with Crippen LogP contribution in [0.3, 0.4) is 0 Å². The van der Waals surface area contributed by atoms with E-state index >= 15 is 0 Å². The average Bonchev–Trinajstić information content (AvgIpc) is 3.34. The average molecular weight is 498 g/mol. The maximum atomic E-state index is 13.7. The Morgan fingerprint density at radius 3 is 2.59 bits per heavy atom. The lowest BCUT2D eigenvalue weighted by molar-refractivity contribution is 0.0337. The van der Waals surface area contributed by atoms with Crippen molar-refractivity contribution >= 4 is 16.8 Å². The molecule has 1 aromatic carbocycles. The van der Waals surface area contributed by atoms with Gasteiger partial charge in [0.25, 0.3) is 5.91 Å². The number of H-pyrrole nitrogens is 1. The third-order valence-electron chi connectivity index (χ3n) is 8.03. The van der Waals surface area contributed by atoms with E-state index in [1.54, 1.807) is 37.8 Å². The standard InChI is InChI=1S/C29H31N5O3/c1-37-22-6-7-23-24(14-22)32-27-25(18-35)34(28(36)21-5-3-11-31-16-21)19-29(26(23)27)8-12-33(13-9-29)17-20-4-2-10-30-15-20/h2-7,10-11,14-16,25,32,35H,8-9,12-13,17-19H2,1H3/t25-/m1/s1. The SMILES string of the molecule is COc1ccc2c3c([nH]c2c1)[C@@H](CO)N(C(=O)c1cccnc1)CC31CCN(Cc2cccnc2)CC1. The summed E-state index contributed by atoms with van der Waals surface area (Å²) in [5.41, 5.74) is 4.64. The summed E-state index contributed by atoms with van der Waals surface area (Å²) in [6.45, 7) is 3.08. The normalized spacial score (nSPS) is 19.2. The number of ether oxygens (including phenoxy) is 1. The summed E-state index contributed by atoms with van der Waals surface area (Å²) in [7, 11) is 1.66. The van der Waals surface area contributed by atoms with Gasteiger partial charge in [-0.15, -0.1) is 0 Å². The van der Waals surface area contributed by atoms with Gasteiger partial charge in [0, 0.05) is 66.0 Å². The van der Waals surface area contributed by atoms with Gasteiger partial charge in [0.15, 0.2) is 0 Å². The molecule has 0 saturated carbocycles. The number of hydrogen-bond acceptors (Lipinski definition) is 6. The number of carbonyl (C=O) groups excluding carboxylic acids is 1. The number of aliphatic hydroxyl groups excluding tert-OH is 1. The van der Waals surface area contributed by atoms with Crippen molar-refractivity contribution in [2.24, 2.45) is 0 Å². The number of amides is 1. The Morgan fingerprint density at radius 1 is 1.14 bits per heavy atom. The molecule has 1 amide bonds. The first-order chi connectivity index (χ1) is 18.1. The van der Waals surface area contributed by atoms with Gasteiger partial charge in [-0.05, 0) is 67.4 Å². The number of hydrogen-bond donors (Lipinski definition) is 2. The van der Waals surface area contributed by atoms with Gasteiger partial charge < -0.3 is 19.7 Å². The van der Waals surface area contributed by atoms with Crippen molar-refractivity contribution < 1.29 is 14.6 Å². The van der Waals surface area contributed by atoms with Gasteiger partial charge in [0.2, 0.25) is 0 Å². The predicted molar refractivity (Wildman–Crippen MR) is 140 cm³/mol. The molecule has 0 radical (unpaired) electrons. The monoisotopic (exact) mass is 497 g/mol. The fourth-order valence-electron chi connectivity index (χ4n) is 6.17. The number of benzene rings is 1. The Bertz CT molecular complexity index is 1400. The smallest absolute Gasteiger partial charge is 0.256 e. The van der Waals surface area contributed by atoms with Gasteiger partial charge >= 0.3 is 0 Å². The zero-order valence-corrected chi connectivity index (χ0v) is 20.9. The maximum absolute atomic E-state index is 13.7. The molecule has 1 atom stereocenters. The molecule has 0 bridgehead atoms. The van der Waals surface area contributed by atoms with Gasteiger partial charge in [0.05, 0.1) is 25.3 Å². The van der Waals surface area contributed by atoms with E-state index in [0.29, 0.717) is 12.1 Å². The topological polar surface area (TPSA) is 94.6 Å². The summed E-state index contributed by atoms with van der Waals surface area (Å²) < 4.78 is 5.48. The van der Waals surface area contributed by atoms with Crippen molar-refractivity contribution in [3.05, 3.63) is 89.6 Å². The summed E-state index contributed by atoms with van der Waals surface area (Å²) in [5, 5.41) is 11.7. The molecule has 2 aliphatic rings. The molecule has 1 spiro atoms. The molecule has 2 N–H and O–H groups in total. The molecule has 8 heteroatoms. The lowest BCUT2D eigenvalue weighted by atomic mass is 9.68. The van der Waals surface area contributed by atoms with Crippen molar-refractivity contribution in [2.75, 3.05) is 33.4 Å². The lowest BCUT2D eigenvalue weighted by Gasteiger charge is -2.50. The number of fused-ring (bicyclic) bond motifs is 4. The maximum Gasteiger partial charge on any atom is 0.256 e. The van der Waals surface area contributed by atoms with E-state index in [4.69, 9.17) is 4.74 Å². The number of carbonyl (C=O) groups is 1. The second-order valence-electron chi connectivity index (χ2n) is 10.1. The van der Waals surface area contributed by atoms with Crippen LogP contribution in [0.15, 0.2) is 67.3 Å². The first kappa shape index (κ1) is 23.6. The van der Waals surface area contributed by atoms with E-state index < -0.39 is 6.04 Å². The Hall–Kier alpha value is -3.75. The van der Waals surface area contributed by atoms with Gasteiger partial charge in [-0.1, -0.05) is 6.07 Å². The van der Waals surface area contributed by atoms with Crippen molar-refractivity contribution in [1.29, 1.82) is 0 Å². The van der Waals surface area contributed by atoms with Crippen LogP contribution in [0.1, 0.15) is 46.1 Å². The van der Waals surface area contributed by atoms with Crippen LogP contribution in [0.25, 0.3) is 10.9 Å². The van der Waals surface area contributed by atoms with E-state index in [9.17, 15) is 9.90 Å². The number of pyridine rings is 2. The number of nitrogens with one attached hydrogen (secondary N) is 1. The fourth-order valence-corrected chi connectivity index (χ4v) is 6.17. The first-order valence-corrected chi connectivity index (χ1v) is 12.7. The number of aromatic amines is 1. The summed E-state index contributed by atoms with van der Waals surface area (Å²) in [6, 6.07) is 13.3. The highest BCUT2D eigenvalue weighted by molar-refractivity contribution is 5.95. The highest BCUT2D eigenvalue weighted by Crippen LogP contribution is 2.49. The Labute approximate surface area is 215 Å². The van der Waals surface area contributed by atoms with Gasteiger partial charge in [-0.2, -0.15) is 0 Å². The van der Waals surface area contributed by atoms with Crippen LogP contribution < -0.4 is 4.74 Å². The molecule has 3 aromatic heterocycles. The molecule has 2 aliphatic heterocycles. The molecular weight excluding hydrogens is 466 g/mol. The van der Waals surface area contributed by atoms with Crippen molar-refractivity contribution in [3.8, 4) is 5.75 Å². The van der Waals surface area contributed by atoms with Gasteiger partial charge in [0.1, 0.15) is 5.75 Å². The van der Waals surface area contributed by atoms with Crippen LogP contribution in [0.2, 0.25) is 0 Å². The minimum atomic E-state index is -0.458. The highest BCUT2D eigenvalue weighted by atomic mass is 16.5. The van der Waals surface area contributed by atoms with Crippen LogP contribution in [0.5, 0.6) is 5.75 Å². The molecule has 0 unspecified atom stereocenters. The Morgan fingerprint density at radius 2 is 1.92 bits per heavy atom. The van der Waals surface area contributed by atoms with E-state index in [1.165, 1.54) is 11.1 Å². The molecule has 190 valence electrons. The highest BCUT2D eigenvalue weighted by Gasteiger charge is 2.48. The minimum absolute atomic E-state index is 0.105. The van der Waals surface area contributed by atoms with E-state index in [-0.39, 0.29) is 17.9 Å². The van der Waals surface area contributed by atoms with E-state index in [1.807, 2.05) is 29.3 Å². The molecule has 8 nitrogen and oxygen atoms in total. The molecule has 4 aromatic rings.